The summed E-state index contributed by atoms with van der Waals surface area (Å²) in [6.07, 6.45) is -2.01. The molecule has 28 heavy (non-hydrogen) atoms. The Balaban J connectivity index is 1.79. The number of carbonyl (C=O) groups excluding carboxylic acids is 2. The van der Waals surface area contributed by atoms with E-state index in [2.05, 4.69) is 5.32 Å². The Labute approximate surface area is 159 Å². The van der Waals surface area contributed by atoms with E-state index in [1.165, 1.54) is 24.3 Å². The van der Waals surface area contributed by atoms with Crippen molar-refractivity contribution in [3.8, 4) is 11.3 Å². The highest BCUT2D eigenvalue weighted by Gasteiger charge is 2.31. The molecule has 1 unspecified atom stereocenters. The van der Waals surface area contributed by atoms with Crippen molar-refractivity contribution in [3.05, 3.63) is 47.7 Å². The topological polar surface area (TPSA) is 88.6 Å². The first kappa shape index (κ1) is 19.8. The minimum absolute atomic E-state index is 0.0402. The Morgan fingerprint density at radius 1 is 1.21 bits per heavy atom. The zero-order valence-corrected chi connectivity index (χ0v) is 15.0. The Kier molecular flexibility index (Phi) is 5.62. The number of nitrogens with two attached hydrogens (primary N) is 1. The maximum Gasteiger partial charge on any atom is 0.416 e. The lowest BCUT2D eigenvalue weighted by atomic mass is 10.0. The standard InChI is InChI=1S/C19H20F3N3O3/c20-19(21,22)13-5-3-4-12(10-13)15-7-8-16(28-15)17(26)25-9-2-1-6-14(25)11-24-18(23)27/h3-5,7-8,10,14H,1-2,6,9,11H2,(H3,23,24,27). The fraction of sp³-hybridized carbons (Fsp3) is 0.368. The fourth-order valence-electron chi connectivity index (χ4n) is 3.30. The highest BCUT2D eigenvalue weighted by Crippen LogP contribution is 2.33. The van der Waals surface area contributed by atoms with Crippen LogP contribution in [0.25, 0.3) is 11.3 Å². The van der Waals surface area contributed by atoms with Gasteiger partial charge in [0.05, 0.1) is 5.56 Å². The summed E-state index contributed by atoms with van der Waals surface area (Å²) in [5.41, 5.74) is 4.55. The van der Waals surface area contributed by atoms with Gasteiger partial charge in [-0.1, -0.05) is 12.1 Å². The summed E-state index contributed by atoms with van der Waals surface area (Å²) in [5, 5.41) is 2.51. The summed E-state index contributed by atoms with van der Waals surface area (Å²) in [6.45, 7) is 0.742. The van der Waals surface area contributed by atoms with Crippen LogP contribution < -0.4 is 11.1 Å². The highest BCUT2D eigenvalue weighted by atomic mass is 19.4. The molecular formula is C19H20F3N3O3. The first-order chi connectivity index (χ1) is 13.3. The van der Waals surface area contributed by atoms with Crippen molar-refractivity contribution >= 4 is 11.9 Å². The number of primary amides is 1. The molecule has 0 saturated carbocycles. The largest absolute Gasteiger partial charge is 0.451 e. The van der Waals surface area contributed by atoms with Crippen molar-refractivity contribution in [1.29, 1.82) is 0 Å². The zero-order chi connectivity index (χ0) is 20.3. The third-order valence-electron chi connectivity index (χ3n) is 4.69. The minimum atomic E-state index is -4.46. The number of piperidine rings is 1. The minimum Gasteiger partial charge on any atom is -0.451 e. The lowest BCUT2D eigenvalue weighted by molar-refractivity contribution is -0.137. The summed E-state index contributed by atoms with van der Waals surface area (Å²) in [6, 6.07) is 6.78. The maximum atomic E-state index is 12.9. The van der Waals surface area contributed by atoms with Crippen molar-refractivity contribution in [2.24, 2.45) is 5.73 Å². The summed E-state index contributed by atoms with van der Waals surface area (Å²) < 4.78 is 44.3. The van der Waals surface area contributed by atoms with Crippen LogP contribution in [0.2, 0.25) is 0 Å². The summed E-state index contributed by atoms with van der Waals surface area (Å²) in [7, 11) is 0. The highest BCUT2D eigenvalue weighted by molar-refractivity contribution is 5.92. The van der Waals surface area contributed by atoms with Gasteiger partial charge in [0, 0.05) is 24.7 Å². The molecule has 9 heteroatoms. The molecule has 1 atom stereocenters. The van der Waals surface area contributed by atoms with Gasteiger partial charge in [-0.25, -0.2) is 4.79 Å². The quantitative estimate of drug-likeness (QED) is 0.829. The molecule has 3 amide bonds. The Morgan fingerprint density at radius 3 is 2.71 bits per heavy atom. The SMILES string of the molecule is NC(=O)NCC1CCCCN1C(=O)c1ccc(-c2cccc(C(F)(F)F)c2)o1. The first-order valence-corrected chi connectivity index (χ1v) is 8.87. The molecule has 2 heterocycles. The third-order valence-corrected chi connectivity index (χ3v) is 4.69. The van der Waals surface area contributed by atoms with E-state index in [0.717, 1.165) is 25.0 Å². The Hall–Kier alpha value is -2.97. The number of amides is 3. The molecule has 3 N–H and O–H groups in total. The summed E-state index contributed by atoms with van der Waals surface area (Å²) in [4.78, 5) is 25.4. The number of halogens is 3. The van der Waals surface area contributed by atoms with Crippen molar-refractivity contribution < 1.29 is 27.2 Å². The zero-order valence-electron chi connectivity index (χ0n) is 15.0. The smallest absolute Gasteiger partial charge is 0.416 e. The number of hydrogen-bond acceptors (Lipinski definition) is 3. The van der Waals surface area contributed by atoms with Gasteiger partial charge in [-0.15, -0.1) is 0 Å². The Bertz CT molecular complexity index is 863. The van der Waals surface area contributed by atoms with E-state index in [4.69, 9.17) is 10.2 Å². The van der Waals surface area contributed by atoms with E-state index in [0.29, 0.717) is 13.0 Å². The van der Waals surface area contributed by atoms with E-state index < -0.39 is 17.8 Å². The van der Waals surface area contributed by atoms with E-state index in [1.807, 2.05) is 0 Å². The Morgan fingerprint density at radius 2 is 2.00 bits per heavy atom. The molecule has 150 valence electrons. The van der Waals surface area contributed by atoms with Crippen molar-refractivity contribution in [1.82, 2.24) is 10.2 Å². The van der Waals surface area contributed by atoms with Crippen LogP contribution in [0.4, 0.5) is 18.0 Å². The normalized spacial score (nSPS) is 17.4. The average Bonchev–Trinajstić information content (AvgIpc) is 3.16. The van der Waals surface area contributed by atoms with E-state index in [-0.39, 0.29) is 35.6 Å². The molecule has 0 radical (unpaired) electrons. The average molecular weight is 395 g/mol. The van der Waals surface area contributed by atoms with Crippen LogP contribution in [0.15, 0.2) is 40.8 Å². The van der Waals surface area contributed by atoms with Gasteiger partial charge in [0.25, 0.3) is 5.91 Å². The second-order valence-corrected chi connectivity index (χ2v) is 6.64. The van der Waals surface area contributed by atoms with Crippen molar-refractivity contribution in [2.45, 2.75) is 31.5 Å². The van der Waals surface area contributed by atoms with Crippen LogP contribution in [-0.4, -0.2) is 36.0 Å². The number of nitrogens with one attached hydrogen (secondary N) is 1. The number of carbonyl (C=O) groups is 2. The number of likely N-dealkylation sites (tertiary alicyclic amines) is 1. The molecule has 3 rings (SSSR count). The molecule has 0 spiro atoms. The second kappa shape index (κ2) is 7.95. The molecule has 1 aromatic heterocycles. The molecule has 1 fully saturated rings. The molecule has 1 aliphatic rings. The van der Waals surface area contributed by atoms with E-state index >= 15 is 0 Å². The molecule has 2 aromatic rings. The van der Waals surface area contributed by atoms with Gasteiger partial charge in [0.1, 0.15) is 5.76 Å². The molecular weight excluding hydrogens is 375 g/mol. The lowest BCUT2D eigenvalue weighted by Gasteiger charge is -2.35. The van der Waals surface area contributed by atoms with Crippen LogP contribution in [0.1, 0.15) is 35.4 Å². The fourth-order valence-corrected chi connectivity index (χ4v) is 3.30. The van der Waals surface area contributed by atoms with Gasteiger partial charge in [-0.05, 0) is 43.5 Å². The molecule has 1 aliphatic heterocycles. The van der Waals surface area contributed by atoms with Gasteiger partial charge in [-0.2, -0.15) is 13.2 Å². The predicted molar refractivity (Wildman–Crippen MR) is 95.4 cm³/mol. The van der Waals surface area contributed by atoms with Crippen LogP contribution in [0, 0.1) is 0 Å². The lowest BCUT2D eigenvalue weighted by Crippen LogP contribution is -2.50. The van der Waals surface area contributed by atoms with Crippen molar-refractivity contribution in [2.75, 3.05) is 13.1 Å². The summed E-state index contributed by atoms with van der Waals surface area (Å²) in [5.74, 6) is -0.147. The first-order valence-electron chi connectivity index (χ1n) is 8.87. The van der Waals surface area contributed by atoms with Crippen LogP contribution in [-0.2, 0) is 6.18 Å². The van der Waals surface area contributed by atoms with Gasteiger partial charge in [0.2, 0.25) is 0 Å². The predicted octanol–water partition coefficient (Wildman–Crippen LogP) is 3.63. The molecule has 0 aliphatic carbocycles. The molecule has 1 saturated heterocycles. The number of urea groups is 1. The van der Waals surface area contributed by atoms with E-state index in [9.17, 15) is 22.8 Å². The van der Waals surface area contributed by atoms with Gasteiger partial charge in [-0.3, -0.25) is 4.79 Å². The number of furan rings is 1. The van der Waals surface area contributed by atoms with Crippen LogP contribution in [0.5, 0.6) is 0 Å². The molecule has 1 aromatic carbocycles. The second-order valence-electron chi connectivity index (χ2n) is 6.64. The number of rotatable bonds is 4. The molecule has 6 nitrogen and oxygen atoms in total. The monoisotopic (exact) mass is 395 g/mol. The number of hydrogen-bond donors (Lipinski definition) is 2. The van der Waals surface area contributed by atoms with Crippen LogP contribution >= 0.6 is 0 Å². The van der Waals surface area contributed by atoms with Gasteiger partial charge < -0.3 is 20.4 Å². The van der Waals surface area contributed by atoms with E-state index in [1.54, 1.807) is 4.90 Å². The number of nitrogens with zero attached hydrogens (tertiary/aromatic N) is 1. The number of alkyl halides is 3. The van der Waals surface area contributed by atoms with Gasteiger partial charge in [0.15, 0.2) is 5.76 Å². The van der Waals surface area contributed by atoms with Crippen LogP contribution in [0.3, 0.4) is 0 Å². The van der Waals surface area contributed by atoms with Crippen molar-refractivity contribution in [3.63, 3.8) is 0 Å². The third kappa shape index (κ3) is 4.47. The number of benzene rings is 1. The molecule has 0 bridgehead atoms. The van der Waals surface area contributed by atoms with Gasteiger partial charge >= 0.3 is 12.2 Å². The maximum absolute atomic E-state index is 12.9. The summed E-state index contributed by atoms with van der Waals surface area (Å²) >= 11 is 0.